The van der Waals surface area contributed by atoms with Crippen molar-refractivity contribution in [2.45, 2.75) is 26.7 Å². The van der Waals surface area contributed by atoms with Gasteiger partial charge in [-0.05, 0) is 52.1 Å². The van der Waals surface area contributed by atoms with E-state index in [2.05, 4.69) is 46.8 Å². The predicted molar refractivity (Wildman–Crippen MR) is 96.5 cm³/mol. The highest BCUT2D eigenvalue weighted by atomic mass is 16.1. The van der Waals surface area contributed by atoms with Crippen LogP contribution in [0.4, 0.5) is 5.69 Å². The van der Waals surface area contributed by atoms with Crippen molar-refractivity contribution in [2.24, 2.45) is 5.92 Å². The Morgan fingerprint density at radius 1 is 1.12 bits per heavy atom. The lowest BCUT2D eigenvalue weighted by Crippen LogP contribution is -2.14. The Balaban J connectivity index is 1.62. The zero-order valence-electron chi connectivity index (χ0n) is 14.4. The van der Waals surface area contributed by atoms with Gasteiger partial charge in [-0.25, -0.2) is 4.68 Å². The largest absolute Gasteiger partial charge is 0.326 e. The lowest BCUT2D eigenvalue weighted by molar-refractivity contribution is -0.115. The molecule has 1 aromatic heterocycles. The number of benzene rings is 2. The van der Waals surface area contributed by atoms with Crippen LogP contribution in [0.15, 0.2) is 54.9 Å². The van der Waals surface area contributed by atoms with E-state index in [4.69, 9.17) is 0 Å². The molecule has 0 spiro atoms. The van der Waals surface area contributed by atoms with Gasteiger partial charge in [-0.3, -0.25) is 4.79 Å². The van der Waals surface area contributed by atoms with Crippen LogP contribution < -0.4 is 5.32 Å². The van der Waals surface area contributed by atoms with Crippen molar-refractivity contribution in [2.75, 3.05) is 5.32 Å². The number of aromatic nitrogens is 4. The van der Waals surface area contributed by atoms with Gasteiger partial charge in [-0.1, -0.05) is 44.2 Å². The van der Waals surface area contributed by atoms with Crippen molar-refractivity contribution in [3.05, 3.63) is 66.0 Å². The Morgan fingerprint density at radius 3 is 2.56 bits per heavy atom. The zero-order valence-corrected chi connectivity index (χ0v) is 14.4. The third-order valence-electron chi connectivity index (χ3n) is 3.78. The Bertz CT molecular complexity index is 825. The van der Waals surface area contributed by atoms with E-state index in [1.165, 1.54) is 11.9 Å². The summed E-state index contributed by atoms with van der Waals surface area (Å²) in [5.74, 6) is 0.576. The molecule has 1 amide bonds. The summed E-state index contributed by atoms with van der Waals surface area (Å²) in [7, 11) is 0. The quantitative estimate of drug-likeness (QED) is 0.751. The van der Waals surface area contributed by atoms with E-state index in [1.807, 2.05) is 36.4 Å². The highest BCUT2D eigenvalue weighted by Crippen LogP contribution is 2.15. The molecule has 0 aliphatic heterocycles. The number of anilines is 1. The second-order valence-corrected chi connectivity index (χ2v) is 6.44. The van der Waals surface area contributed by atoms with Gasteiger partial charge in [0, 0.05) is 5.69 Å². The van der Waals surface area contributed by atoms with Gasteiger partial charge in [-0.2, -0.15) is 0 Å². The van der Waals surface area contributed by atoms with Crippen LogP contribution in [-0.2, 0) is 17.6 Å². The van der Waals surface area contributed by atoms with Crippen LogP contribution in [0.3, 0.4) is 0 Å². The van der Waals surface area contributed by atoms with Gasteiger partial charge >= 0.3 is 0 Å². The average molecular weight is 335 g/mol. The minimum atomic E-state index is -0.0505. The molecular weight excluding hydrogens is 314 g/mol. The van der Waals surface area contributed by atoms with Gasteiger partial charge in [0.25, 0.3) is 0 Å². The topological polar surface area (TPSA) is 72.7 Å². The highest BCUT2D eigenvalue weighted by Gasteiger charge is 2.06. The van der Waals surface area contributed by atoms with Crippen molar-refractivity contribution in [3.63, 3.8) is 0 Å². The summed E-state index contributed by atoms with van der Waals surface area (Å²) in [5.41, 5.74) is 3.81. The summed E-state index contributed by atoms with van der Waals surface area (Å²) in [5, 5.41) is 14.0. The number of nitrogens with one attached hydrogen (secondary N) is 1. The monoisotopic (exact) mass is 335 g/mol. The Hall–Kier alpha value is -3.02. The van der Waals surface area contributed by atoms with Crippen LogP contribution in [-0.4, -0.2) is 26.1 Å². The number of carbonyl (C=O) groups excluding carboxylic acids is 1. The molecule has 3 aromatic rings. The molecule has 6 heteroatoms. The molecule has 0 unspecified atom stereocenters. The summed E-state index contributed by atoms with van der Waals surface area (Å²) in [6.45, 7) is 4.40. The molecular formula is C19H21N5O. The van der Waals surface area contributed by atoms with E-state index in [0.717, 1.165) is 23.4 Å². The van der Waals surface area contributed by atoms with E-state index < -0.39 is 0 Å². The standard InChI is InChI=1S/C19H21N5O/c1-14(2)10-15-6-8-16(9-7-15)11-19(25)21-17-4-3-5-18(12-17)24-13-20-22-23-24/h3-9,12-14H,10-11H2,1-2H3,(H,21,25). The number of nitrogens with zero attached hydrogens (tertiary/aromatic N) is 4. The fraction of sp³-hybridized carbons (Fsp3) is 0.263. The lowest BCUT2D eigenvalue weighted by atomic mass is 10.0. The normalized spacial score (nSPS) is 10.8. The summed E-state index contributed by atoms with van der Waals surface area (Å²) >= 11 is 0. The van der Waals surface area contributed by atoms with E-state index in [-0.39, 0.29) is 5.91 Å². The van der Waals surface area contributed by atoms with Crippen LogP contribution in [0.25, 0.3) is 5.69 Å². The van der Waals surface area contributed by atoms with Crippen molar-refractivity contribution in [3.8, 4) is 5.69 Å². The maximum absolute atomic E-state index is 12.3. The molecule has 1 heterocycles. The fourth-order valence-corrected chi connectivity index (χ4v) is 2.66. The summed E-state index contributed by atoms with van der Waals surface area (Å²) in [4.78, 5) is 12.3. The first kappa shape index (κ1) is 16.8. The SMILES string of the molecule is CC(C)Cc1ccc(CC(=O)Nc2cccc(-n3cnnn3)c2)cc1. The van der Waals surface area contributed by atoms with Gasteiger partial charge < -0.3 is 5.32 Å². The van der Waals surface area contributed by atoms with E-state index in [9.17, 15) is 4.79 Å². The number of carbonyl (C=O) groups is 1. The van der Waals surface area contributed by atoms with Crippen LogP contribution in [0.2, 0.25) is 0 Å². The number of amides is 1. The van der Waals surface area contributed by atoms with Crippen LogP contribution in [0.1, 0.15) is 25.0 Å². The Morgan fingerprint density at radius 2 is 1.88 bits per heavy atom. The van der Waals surface area contributed by atoms with Crippen molar-refractivity contribution in [1.82, 2.24) is 20.2 Å². The Kier molecular flexibility index (Phi) is 5.18. The third kappa shape index (κ3) is 4.73. The first-order chi connectivity index (χ1) is 12.1. The van der Waals surface area contributed by atoms with Crippen molar-refractivity contribution < 1.29 is 4.79 Å². The molecule has 25 heavy (non-hydrogen) atoms. The molecule has 0 radical (unpaired) electrons. The lowest BCUT2D eigenvalue weighted by Gasteiger charge is -2.08. The number of hydrogen-bond acceptors (Lipinski definition) is 4. The van der Waals surface area contributed by atoms with Crippen LogP contribution >= 0.6 is 0 Å². The molecule has 2 aromatic carbocycles. The highest BCUT2D eigenvalue weighted by molar-refractivity contribution is 5.92. The second-order valence-electron chi connectivity index (χ2n) is 6.44. The third-order valence-corrected chi connectivity index (χ3v) is 3.78. The molecule has 0 atom stereocenters. The molecule has 128 valence electrons. The first-order valence-corrected chi connectivity index (χ1v) is 8.31. The summed E-state index contributed by atoms with van der Waals surface area (Å²) in [6, 6.07) is 15.6. The van der Waals surface area contributed by atoms with E-state index in [0.29, 0.717) is 12.3 Å². The fourth-order valence-electron chi connectivity index (χ4n) is 2.66. The molecule has 0 aliphatic carbocycles. The molecule has 3 rings (SSSR count). The van der Waals surface area contributed by atoms with Gasteiger partial charge in [-0.15, -0.1) is 5.10 Å². The number of tetrazole rings is 1. The Labute approximate surface area is 146 Å². The summed E-state index contributed by atoms with van der Waals surface area (Å²) < 4.78 is 1.54. The molecule has 0 bridgehead atoms. The molecule has 0 aliphatic rings. The van der Waals surface area contributed by atoms with Gasteiger partial charge in [0.1, 0.15) is 6.33 Å². The van der Waals surface area contributed by atoms with E-state index >= 15 is 0 Å². The number of rotatable bonds is 6. The maximum Gasteiger partial charge on any atom is 0.228 e. The number of hydrogen-bond donors (Lipinski definition) is 1. The molecule has 1 N–H and O–H groups in total. The first-order valence-electron chi connectivity index (χ1n) is 8.31. The molecule has 0 saturated carbocycles. The zero-order chi connectivity index (χ0) is 17.6. The predicted octanol–water partition coefficient (Wildman–Crippen LogP) is 3.04. The second kappa shape index (κ2) is 7.70. The van der Waals surface area contributed by atoms with Crippen LogP contribution in [0, 0.1) is 5.92 Å². The smallest absolute Gasteiger partial charge is 0.228 e. The average Bonchev–Trinajstić information content (AvgIpc) is 3.11. The summed E-state index contributed by atoms with van der Waals surface area (Å²) in [6.07, 6.45) is 2.91. The van der Waals surface area contributed by atoms with Gasteiger partial charge in [0.15, 0.2) is 0 Å². The van der Waals surface area contributed by atoms with Crippen LogP contribution in [0.5, 0.6) is 0 Å². The molecule has 6 nitrogen and oxygen atoms in total. The van der Waals surface area contributed by atoms with E-state index in [1.54, 1.807) is 4.68 Å². The van der Waals surface area contributed by atoms with Gasteiger partial charge in [0.2, 0.25) is 5.91 Å². The molecule has 0 fully saturated rings. The minimum absolute atomic E-state index is 0.0505. The molecule has 0 saturated heterocycles. The van der Waals surface area contributed by atoms with Crippen molar-refractivity contribution in [1.29, 1.82) is 0 Å². The minimum Gasteiger partial charge on any atom is -0.326 e. The van der Waals surface area contributed by atoms with Crippen molar-refractivity contribution >= 4 is 11.6 Å². The maximum atomic E-state index is 12.3. The van der Waals surface area contributed by atoms with Gasteiger partial charge in [0.05, 0.1) is 12.1 Å².